The maximum absolute atomic E-state index is 7.32. The monoisotopic (exact) mass is 139 g/mol. The van der Waals surface area contributed by atoms with Crippen LogP contribution in [-0.4, -0.2) is 0 Å². The maximum atomic E-state index is 7.32. The Balaban J connectivity index is 0.000000236. The third-order valence-corrected chi connectivity index (χ3v) is 1.89. The van der Waals surface area contributed by atoms with Crippen LogP contribution >= 0.6 is 0 Å². The van der Waals surface area contributed by atoms with Crippen LogP contribution in [0.3, 0.4) is 0 Å². The SMILES string of the molecule is CC#N.CC1CCCCC1. The van der Waals surface area contributed by atoms with Gasteiger partial charge in [0.25, 0.3) is 0 Å². The van der Waals surface area contributed by atoms with E-state index in [1.807, 2.05) is 0 Å². The van der Waals surface area contributed by atoms with Crippen molar-refractivity contribution in [1.29, 1.82) is 5.26 Å². The average Bonchev–Trinajstić information content (AvgIpc) is 1.91. The van der Waals surface area contributed by atoms with Crippen molar-refractivity contribution in [2.75, 3.05) is 0 Å². The Labute approximate surface area is 64.1 Å². The fraction of sp³-hybridized carbons (Fsp3) is 0.889. The predicted molar refractivity (Wildman–Crippen MR) is 43.5 cm³/mol. The lowest BCUT2D eigenvalue weighted by atomic mass is 9.91. The average molecular weight is 139 g/mol. The summed E-state index contributed by atoms with van der Waals surface area (Å²) < 4.78 is 0. The predicted octanol–water partition coefficient (Wildman–Crippen LogP) is 3.12. The first kappa shape index (κ1) is 9.49. The first-order valence-electron chi connectivity index (χ1n) is 4.12. The lowest BCUT2D eigenvalue weighted by Crippen LogP contribution is -1.99. The normalized spacial score (nSPS) is 18.5. The second-order valence-corrected chi connectivity index (χ2v) is 2.97. The summed E-state index contributed by atoms with van der Waals surface area (Å²) >= 11 is 0. The maximum Gasteiger partial charge on any atom is 0.0587 e. The lowest BCUT2D eigenvalue weighted by Gasteiger charge is -2.15. The molecule has 0 aromatic rings. The summed E-state index contributed by atoms with van der Waals surface area (Å²) in [4.78, 5) is 0. The van der Waals surface area contributed by atoms with Crippen molar-refractivity contribution in [3.8, 4) is 6.07 Å². The Morgan fingerprint density at radius 3 is 1.80 bits per heavy atom. The van der Waals surface area contributed by atoms with E-state index >= 15 is 0 Å². The third kappa shape index (κ3) is 5.62. The molecule has 0 aromatic heterocycles. The fourth-order valence-corrected chi connectivity index (χ4v) is 1.31. The minimum Gasteiger partial charge on any atom is -0.199 e. The van der Waals surface area contributed by atoms with Gasteiger partial charge in [-0.2, -0.15) is 5.26 Å². The Hall–Kier alpha value is -0.510. The van der Waals surface area contributed by atoms with E-state index in [1.165, 1.54) is 39.0 Å². The molecule has 1 nitrogen and oxygen atoms in total. The minimum atomic E-state index is 1.04. The summed E-state index contributed by atoms with van der Waals surface area (Å²) in [5, 5.41) is 7.32. The van der Waals surface area contributed by atoms with E-state index in [9.17, 15) is 0 Å². The van der Waals surface area contributed by atoms with Crippen LogP contribution < -0.4 is 0 Å². The molecule has 0 heterocycles. The molecule has 1 aliphatic rings. The summed E-state index contributed by atoms with van der Waals surface area (Å²) in [7, 11) is 0. The summed E-state index contributed by atoms with van der Waals surface area (Å²) in [5.74, 6) is 1.04. The standard InChI is InChI=1S/C7H14.C2H3N/c1-7-5-3-2-4-6-7;1-2-3/h7H,2-6H2,1H3;1H3. The topological polar surface area (TPSA) is 23.8 Å². The molecule has 1 heteroatoms. The molecule has 0 radical (unpaired) electrons. The van der Waals surface area contributed by atoms with Gasteiger partial charge in [0.15, 0.2) is 0 Å². The van der Waals surface area contributed by atoms with Crippen LogP contribution in [0.1, 0.15) is 46.0 Å². The summed E-state index contributed by atoms with van der Waals surface area (Å²) in [6.45, 7) is 3.79. The molecular weight excluding hydrogens is 122 g/mol. The van der Waals surface area contributed by atoms with Crippen LogP contribution in [0.4, 0.5) is 0 Å². The quantitative estimate of drug-likeness (QED) is 0.506. The van der Waals surface area contributed by atoms with Crippen molar-refractivity contribution in [1.82, 2.24) is 0 Å². The number of hydrogen-bond donors (Lipinski definition) is 0. The van der Waals surface area contributed by atoms with E-state index < -0.39 is 0 Å². The van der Waals surface area contributed by atoms with Gasteiger partial charge in [-0.05, 0) is 5.92 Å². The molecule has 1 saturated carbocycles. The van der Waals surface area contributed by atoms with Crippen LogP contribution in [0.5, 0.6) is 0 Å². The third-order valence-electron chi connectivity index (χ3n) is 1.89. The van der Waals surface area contributed by atoms with Gasteiger partial charge < -0.3 is 0 Å². The van der Waals surface area contributed by atoms with Crippen LogP contribution in [0.25, 0.3) is 0 Å². The van der Waals surface area contributed by atoms with Crippen LogP contribution in [0, 0.1) is 17.2 Å². The Bertz CT molecular complexity index is 95.8. The zero-order valence-electron chi connectivity index (χ0n) is 7.06. The first-order valence-corrected chi connectivity index (χ1v) is 4.12. The summed E-state index contributed by atoms with van der Waals surface area (Å²) in [6, 6.07) is 1.75. The van der Waals surface area contributed by atoms with Crippen molar-refractivity contribution >= 4 is 0 Å². The van der Waals surface area contributed by atoms with E-state index in [0.717, 1.165) is 5.92 Å². The number of nitrogens with zero attached hydrogens (tertiary/aromatic N) is 1. The zero-order chi connectivity index (χ0) is 7.82. The molecule has 0 N–H and O–H groups in total. The van der Waals surface area contributed by atoms with E-state index in [4.69, 9.17) is 5.26 Å². The van der Waals surface area contributed by atoms with Crippen molar-refractivity contribution < 1.29 is 0 Å². The molecule has 0 bridgehead atoms. The number of rotatable bonds is 0. The molecule has 1 aliphatic carbocycles. The smallest absolute Gasteiger partial charge is 0.0587 e. The van der Waals surface area contributed by atoms with E-state index in [2.05, 4.69) is 6.92 Å². The Morgan fingerprint density at radius 2 is 1.60 bits per heavy atom. The molecule has 0 aromatic carbocycles. The second kappa shape index (κ2) is 6.61. The molecule has 0 unspecified atom stereocenters. The summed E-state index contributed by atoms with van der Waals surface area (Å²) in [5.41, 5.74) is 0. The van der Waals surface area contributed by atoms with Crippen molar-refractivity contribution in [3.05, 3.63) is 0 Å². The Morgan fingerprint density at radius 1 is 1.20 bits per heavy atom. The highest BCUT2D eigenvalue weighted by atomic mass is 14.2. The van der Waals surface area contributed by atoms with E-state index in [1.54, 1.807) is 6.07 Å². The first-order chi connectivity index (χ1) is 4.81. The van der Waals surface area contributed by atoms with Gasteiger partial charge in [-0.25, -0.2) is 0 Å². The van der Waals surface area contributed by atoms with Crippen molar-refractivity contribution in [2.45, 2.75) is 46.0 Å². The number of hydrogen-bond acceptors (Lipinski definition) is 1. The van der Waals surface area contributed by atoms with Gasteiger partial charge >= 0.3 is 0 Å². The Kier molecular flexibility index (Phi) is 6.27. The fourth-order valence-electron chi connectivity index (χ4n) is 1.31. The molecule has 0 atom stereocenters. The van der Waals surface area contributed by atoms with Gasteiger partial charge in [-0.15, -0.1) is 0 Å². The van der Waals surface area contributed by atoms with Crippen LogP contribution in [0.15, 0.2) is 0 Å². The van der Waals surface area contributed by atoms with Crippen LogP contribution in [-0.2, 0) is 0 Å². The van der Waals surface area contributed by atoms with Crippen LogP contribution in [0.2, 0.25) is 0 Å². The molecule has 0 amide bonds. The number of nitriles is 1. The molecule has 58 valence electrons. The molecule has 0 aliphatic heterocycles. The minimum absolute atomic E-state index is 1.04. The molecule has 1 fully saturated rings. The molecular formula is C9H17N. The van der Waals surface area contributed by atoms with Crippen molar-refractivity contribution in [2.24, 2.45) is 5.92 Å². The van der Waals surface area contributed by atoms with Gasteiger partial charge in [0.2, 0.25) is 0 Å². The van der Waals surface area contributed by atoms with Gasteiger partial charge in [0.1, 0.15) is 0 Å². The summed E-state index contributed by atoms with van der Waals surface area (Å²) in [6.07, 6.45) is 7.44. The van der Waals surface area contributed by atoms with Crippen molar-refractivity contribution in [3.63, 3.8) is 0 Å². The van der Waals surface area contributed by atoms with E-state index in [0.29, 0.717) is 0 Å². The van der Waals surface area contributed by atoms with Gasteiger partial charge in [0.05, 0.1) is 6.07 Å². The zero-order valence-corrected chi connectivity index (χ0v) is 7.06. The molecule has 10 heavy (non-hydrogen) atoms. The highest BCUT2D eigenvalue weighted by Crippen LogP contribution is 2.21. The molecule has 1 rings (SSSR count). The lowest BCUT2D eigenvalue weighted by molar-refractivity contribution is 0.385. The van der Waals surface area contributed by atoms with Gasteiger partial charge in [0, 0.05) is 6.92 Å². The largest absolute Gasteiger partial charge is 0.199 e. The highest BCUT2D eigenvalue weighted by molar-refractivity contribution is 4.59. The van der Waals surface area contributed by atoms with Gasteiger partial charge in [-0.3, -0.25) is 0 Å². The van der Waals surface area contributed by atoms with E-state index in [-0.39, 0.29) is 0 Å². The molecule has 0 spiro atoms. The second-order valence-electron chi connectivity index (χ2n) is 2.97. The van der Waals surface area contributed by atoms with Gasteiger partial charge in [-0.1, -0.05) is 39.0 Å². The highest BCUT2D eigenvalue weighted by Gasteiger charge is 2.05. The molecule has 0 saturated heterocycles.